The number of nitrogens with zero attached hydrogens (tertiary/aromatic N) is 1. The van der Waals surface area contributed by atoms with Gasteiger partial charge in [0, 0.05) is 24.5 Å². The fraction of sp³-hybridized carbons (Fsp3) is 0.389. The Morgan fingerprint density at radius 3 is 2.64 bits per heavy atom. The second kappa shape index (κ2) is 9.63. The molecule has 2 rings (SSSR count). The summed E-state index contributed by atoms with van der Waals surface area (Å²) in [5, 5.41) is 3.05. The van der Waals surface area contributed by atoms with Crippen LogP contribution in [-0.2, 0) is 9.59 Å². The maximum absolute atomic E-state index is 12.4. The number of hydrogen-bond acceptors (Lipinski definition) is 4. The first-order valence-electron chi connectivity index (χ1n) is 8.29. The quantitative estimate of drug-likeness (QED) is 0.545. The monoisotopic (exact) mass is 380 g/mol. The van der Waals surface area contributed by atoms with Crippen molar-refractivity contribution in [3.8, 4) is 0 Å². The standard InChI is InChI=1S/C18H21ClN2O3S/c1-2-3-4-5-16(22)20-10-11-21-17(23)15(25-18(21)24)12-13-6-8-14(19)9-7-13/h6-9,12H,2-5,10-11H2,1H3,(H,20,22)/b15-12-. The predicted molar refractivity (Wildman–Crippen MR) is 101 cm³/mol. The first-order valence-corrected chi connectivity index (χ1v) is 9.48. The zero-order chi connectivity index (χ0) is 18.2. The van der Waals surface area contributed by atoms with Gasteiger partial charge in [0.1, 0.15) is 0 Å². The van der Waals surface area contributed by atoms with E-state index in [1.807, 2.05) is 0 Å². The van der Waals surface area contributed by atoms with E-state index in [0.717, 1.165) is 36.6 Å². The van der Waals surface area contributed by atoms with E-state index in [1.165, 1.54) is 4.90 Å². The number of thioether (sulfide) groups is 1. The van der Waals surface area contributed by atoms with Crippen molar-refractivity contribution in [3.63, 3.8) is 0 Å². The van der Waals surface area contributed by atoms with Crippen LogP contribution in [0.25, 0.3) is 6.08 Å². The van der Waals surface area contributed by atoms with Crippen molar-refractivity contribution in [2.24, 2.45) is 0 Å². The average Bonchev–Trinajstić information content (AvgIpc) is 2.84. The maximum atomic E-state index is 12.4. The lowest BCUT2D eigenvalue weighted by molar-refractivity contribution is -0.124. The van der Waals surface area contributed by atoms with E-state index in [4.69, 9.17) is 11.6 Å². The Kier molecular flexibility index (Phi) is 7.52. The molecule has 1 aliphatic rings. The van der Waals surface area contributed by atoms with Gasteiger partial charge in [0.2, 0.25) is 5.91 Å². The number of amides is 3. The number of benzene rings is 1. The van der Waals surface area contributed by atoms with Crippen molar-refractivity contribution < 1.29 is 14.4 Å². The van der Waals surface area contributed by atoms with Gasteiger partial charge in [-0.3, -0.25) is 19.3 Å². The molecule has 0 atom stereocenters. The highest BCUT2D eigenvalue weighted by Gasteiger charge is 2.34. The smallest absolute Gasteiger partial charge is 0.293 e. The number of carbonyl (C=O) groups is 3. The number of halogens is 1. The third kappa shape index (κ3) is 5.90. The van der Waals surface area contributed by atoms with Gasteiger partial charge >= 0.3 is 0 Å². The fourth-order valence-corrected chi connectivity index (χ4v) is 3.33. The van der Waals surface area contributed by atoms with Gasteiger partial charge < -0.3 is 5.32 Å². The zero-order valence-electron chi connectivity index (χ0n) is 14.1. The van der Waals surface area contributed by atoms with Gasteiger partial charge in [-0.05, 0) is 42.0 Å². The molecule has 0 aromatic heterocycles. The highest BCUT2D eigenvalue weighted by molar-refractivity contribution is 8.18. The molecule has 1 aliphatic heterocycles. The molecule has 1 fully saturated rings. The number of hydrogen-bond donors (Lipinski definition) is 1. The van der Waals surface area contributed by atoms with Crippen molar-refractivity contribution in [2.75, 3.05) is 13.1 Å². The highest BCUT2D eigenvalue weighted by Crippen LogP contribution is 2.32. The minimum atomic E-state index is -0.329. The lowest BCUT2D eigenvalue weighted by atomic mass is 10.2. The van der Waals surface area contributed by atoms with Crippen molar-refractivity contribution in [3.05, 3.63) is 39.8 Å². The van der Waals surface area contributed by atoms with Crippen LogP contribution in [-0.4, -0.2) is 35.0 Å². The average molecular weight is 381 g/mol. The normalized spacial score (nSPS) is 15.9. The lowest BCUT2D eigenvalue weighted by Gasteiger charge is -2.12. The van der Waals surface area contributed by atoms with E-state index in [1.54, 1.807) is 30.3 Å². The van der Waals surface area contributed by atoms with E-state index in [-0.39, 0.29) is 30.1 Å². The number of nitrogens with one attached hydrogen (secondary N) is 1. The van der Waals surface area contributed by atoms with Crippen LogP contribution in [0.15, 0.2) is 29.2 Å². The molecule has 3 amide bonds. The third-order valence-electron chi connectivity index (χ3n) is 3.71. The number of unbranched alkanes of at least 4 members (excludes halogenated alkanes) is 2. The molecule has 1 aromatic carbocycles. The van der Waals surface area contributed by atoms with Gasteiger partial charge in [0.25, 0.3) is 11.1 Å². The van der Waals surface area contributed by atoms with E-state index in [9.17, 15) is 14.4 Å². The summed E-state index contributed by atoms with van der Waals surface area (Å²) in [6, 6.07) is 7.02. The molecule has 7 heteroatoms. The van der Waals surface area contributed by atoms with Crippen LogP contribution >= 0.6 is 23.4 Å². The maximum Gasteiger partial charge on any atom is 0.293 e. The molecule has 0 aliphatic carbocycles. The van der Waals surface area contributed by atoms with E-state index in [2.05, 4.69) is 12.2 Å². The van der Waals surface area contributed by atoms with Gasteiger partial charge in [0.05, 0.1) is 4.91 Å². The highest BCUT2D eigenvalue weighted by atomic mass is 35.5. The molecule has 0 bridgehead atoms. The predicted octanol–water partition coefficient (Wildman–Crippen LogP) is 4.07. The molecule has 0 saturated carbocycles. The molecule has 1 saturated heterocycles. The number of imide groups is 1. The van der Waals surface area contributed by atoms with Crippen LogP contribution in [0.5, 0.6) is 0 Å². The van der Waals surface area contributed by atoms with Gasteiger partial charge in [-0.25, -0.2) is 0 Å². The Morgan fingerprint density at radius 2 is 1.96 bits per heavy atom. The Balaban J connectivity index is 1.86. The van der Waals surface area contributed by atoms with Crippen molar-refractivity contribution >= 4 is 46.5 Å². The van der Waals surface area contributed by atoms with Gasteiger partial charge in [-0.15, -0.1) is 0 Å². The Morgan fingerprint density at radius 1 is 1.24 bits per heavy atom. The summed E-state index contributed by atoms with van der Waals surface area (Å²) in [5.41, 5.74) is 0.805. The van der Waals surface area contributed by atoms with E-state index in [0.29, 0.717) is 16.3 Å². The van der Waals surface area contributed by atoms with Crippen LogP contribution in [0, 0.1) is 0 Å². The zero-order valence-corrected chi connectivity index (χ0v) is 15.7. The first-order chi connectivity index (χ1) is 12.0. The van der Waals surface area contributed by atoms with Crippen LogP contribution in [0.3, 0.4) is 0 Å². The van der Waals surface area contributed by atoms with E-state index < -0.39 is 0 Å². The van der Waals surface area contributed by atoms with Crippen molar-refractivity contribution in [2.45, 2.75) is 32.6 Å². The largest absolute Gasteiger partial charge is 0.354 e. The molecule has 0 spiro atoms. The molecule has 0 unspecified atom stereocenters. The minimum Gasteiger partial charge on any atom is -0.354 e. The molecule has 1 heterocycles. The lowest BCUT2D eigenvalue weighted by Crippen LogP contribution is -2.37. The van der Waals surface area contributed by atoms with Crippen molar-refractivity contribution in [1.29, 1.82) is 0 Å². The summed E-state index contributed by atoms with van der Waals surface area (Å²) in [4.78, 5) is 37.6. The molecule has 1 N–H and O–H groups in total. The Hall–Kier alpha value is -1.79. The van der Waals surface area contributed by atoms with Crippen LogP contribution < -0.4 is 5.32 Å². The molecule has 0 radical (unpaired) electrons. The molecule has 134 valence electrons. The number of rotatable bonds is 8. The summed E-state index contributed by atoms with van der Waals surface area (Å²) in [6.07, 6.45) is 5.08. The second-order valence-electron chi connectivity index (χ2n) is 5.69. The van der Waals surface area contributed by atoms with Crippen molar-refractivity contribution in [1.82, 2.24) is 10.2 Å². The van der Waals surface area contributed by atoms with Crippen LogP contribution in [0.1, 0.15) is 38.2 Å². The first kappa shape index (κ1) is 19.5. The summed E-state index contributed by atoms with van der Waals surface area (Å²) in [7, 11) is 0. The topological polar surface area (TPSA) is 66.5 Å². The van der Waals surface area contributed by atoms with Gasteiger partial charge in [0.15, 0.2) is 0 Å². The molecular weight excluding hydrogens is 360 g/mol. The molecule has 25 heavy (non-hydrogen) atoms. The summed E-state index contributed by atoms with van der Waals surface area (Å²) in [6.45, 7) is 2.54. The Bertz CT molecular complexity index is 673. The fourth-order valence-electron chi connectivity index (χ4n) is 2.33. The van der Waals surface area contributed by atoms with Crippen LogP contribution in [0.2, 0.25) is 5.02 Å². The van der Waals surface area contributed by atoms with Gasteiger partial charge in [-0.1, -0.05) is 43.5 Å². The number of carbonyl (C=O) groups excluding carboxylic acids is 3. The van der Waals surface area contributed by atoms with Crippen LogP contribution in [0.4, 0.5) is 4.79 Å². The summed E-state index contributed by atoms with van der Waals surface area (Å²) < 4.78 is 0. The SMILES string of the molecule is CCCCCC(=O)NCCN1C(=O)S/C(=C\c2ccc(Cl)cc2)C1=O. The van der Waals surface area contributed by atoms with Gasteiger partial charge in [-0.2, -0.15) is 0 Å². The Labute approximate surface area is 156 Å². The molecule has 5 nitrogen and oxygen atoms in total. The summed E-state index contributed by atoms with van der Waals surface area (Å²) in [5.74, 6) is -0.373. The van der Waals surface area contributed by atoms with E-state index >= 15 is 0 Å². The molecule has 1 aromatic rings. The minimum absolute atomic E-state index is 0.0443. The molecular formula is C18H21ClN2O3S. The third-order valence-corrected chi connectivity index (χ3v) is 4.87. The summed E-state index contributed by atoms with van der Waals surface area (Å²) >= 11 is 6.75. The second-order valence-corrected chi connectivity index (χ2v) is 7.12.